The van der Waals surface area contributed by atoms with Crippen molar-refractivity contribution in [1.29, 1.82) is 0 Å². The number of benzene rings is 2. The molecule has 1 saturated heterocycles. The molecule has 36 heavy (non-hydrogen) atoms. The van der Waals surface area contributed by atoms with Gasteiger partial charge in [0.2, 0.25) is 10.0 Å². The van der Waals surface area contributed by atoms with Gasteiger partial charge in [-0.05, 0) is 46.9 Å². The smallest absolute Gasteiger partial charge is 0.243 e. The molecule has 0 bridgehead atoms. The molecule has 0 saturated carbocycles. The second-order valence-electron chi connectivity index (χ2n) is 10.7. The molecule has 0 amide bonds. The maximum Gasteiger partial charge on any atom is 0.243 e. The van der Waals surface area contributed by atoms with E-state index >= 15 is 0 Å². The van der Waals surface area contributed by atoms with Gasteiger partial charge in [-0.3, -0.25) is 0 Å². The highest BCUT2D eigenvalue weighted by Crippen LogP contribution is 2.37. The zero-order valence-corrected chi connectivity index (χ0v) is 24.2. The van der Waals surface area contributed by atoms with E-state index in [0.717, 1.165) is 27.5 Å². The van der Waals surface area contributed by atoms with E-state index in [0.29, 0.717) is 37.0 Å². The minimum Gasteiger partial charge on any atom is -0.345 e. The van der Waals surface area contributed by atoms with Gasteiger partial charge in [0.1, 0.15) is 0 Å². The molecule has 0 N–H and O–H groups in total. The van der Waals surface area contributed by atoms with Gasteiger partial charge in [-0.1, -0.05) is 77.9 Å². The molecule has 194 valence electrons. The van der Waals surface area contributed by atoms with E-state index in [1.807, 2.05) is 12.1 Å². The van der Waals surface area contributed by atoms with Gasteiger partial charge >= 0.3 is 0 Å². The Bertz CT molecular complexity index is 1290. The zero-order valence-electron chi connectivity index (χ0n) is 22.6. The molecule has 4 rings (SSSR count). The van der Waals surface area contributed by atoms with Crippen molar-refractivity contribution >= 4 is 26.5 Å². The molecule has 0 aliphatic carbocycles. The first-order chi connectivity index (χ1) is 17.0. The van der Waals surface area contributed by atoms with E-state index in [1.165, 1.54) is 11.1 Å². The zero-order chi connectivity index (χ0) is 26.2. The van der Waals surface area contributed by atoms with Crippen LogP contribution in [0.5, 0.6) is 0 Å². The highest BCUT2D eigenvalue weighted by Gasteiger charge is 2.34. The van der Waals surface area contributed by atoms with Crippen molar-refractivity contribution in [1.82, 2.24) is 9.29 Å². The van der Waals surface area contributed by atoms with Crippen molar-refractivity contribution in [2.75, 3.05) is 31.1 Å². The molecule has 0 atom stereocenters. The molecule has 0 unspecified atom stereocenters. The molecule has 2 heterocycles. The topological polar surface area (TPSA) is 53.5 Å². The van der Waals surface area contributed by atoms with Gasteiger partial charge in [-0.15, -0.1) is 11.3 Å². The van der Waals surface area contributed by atoms with E-state index in [9.17, 15) is 8.42 Å². The highest BCUT2D eigenvalue weighted by molar-refractivity contribution is 7.89. The Morgan fingerprint density at radius 3 is 1.97 bits per heavy atom. The number of hydrogen-bond acceptors (Lipinski definition) is 5. The number of hydrogen-bond donors (Lipinski definition) is 0. The molecule has 5 nitrogen and oxygen atoms in total. The standard InChI is InChI=1S/C29H39N3O2S2/c1-19(2)23-16-25(20(3)4)28(26(17-23)21(5)6)36(33,34)32-14-12-31(13-15-32)29-30-27(18-35-29)24-11-9-8-10-22(24)7/h8-11,16-21H,12-15H2,1-7H3. The van der Waals surface area contributed by atoms with Crippen LogP contribution in [0, 0.1) is 6.92 Å². The van der Waals surface area contributed by atoms with Crippen LogP contribution in [0.15, 0.2) is 46.7 Å². The fourth-order valence-electron chi connectivity index (χ4n) is 4.83. The largest absolute Gasteiger partial charge is 0.345 e. The summed E-state index contributed by atoms with van der Waals surface area (Å²) in [5.41, 5.74) is 6.42. The van der Waals surface area contributed by atoms with E-state index in [4.69, 9.17) is 4.98 Å². The maximum absolute atomic E-state index is 14.1. The van der Waals surface area contributed by atoms with Gasteiger partial charge in [0.05, 0.1) is 10.6 Å². The Morgan fingerprint density at radius 1 is 0.861 bits per heavy atom. The van der Waals surface area contributed by atoms with Crippen LogP contribution in [0.25, 0.3) is 11.3 Å². The van der Waals surface area contributed by atoms with Crippen LogP contribution < -0.4 is 4.90 Å². The van der Waals surface area contributed by atoms with Gasteiger partial charge in [0.15, 0.2) is 5.13 Å². The molecule has 3 aromatic rings. The van der Waals surface area contributed by atoms with Crippen LogP contribution in [0.3, 0.4) is 0 Å². The van der Waals surface area contributed by atoms with Crippen LogP contribution >= 0.6 is 11.3 Å². The number of aryl methyl sites for hydroxylation is 1. The lowest BCUT2D eigenvalue weighted by molar-refractivity contribution is 0.383. The Morgan fingerprint density at radius 2 is 1.44 bits per heavy atom. The van der Waals surface area contributed by atoms with Gasteiger partial charge in [-0.2, -0.15) is 4.31 Å². The molecule has 7 heteroatoms. The minimum absolute atomic E-state index is 0.127. The van der Waals surface area contributed by atoms with Gasteiger partial charge in [-0.25, -0.2) is 13.4 Å². The molecule has 2 aromatic carbocycles. The van der Waals surface area contributed by atoms with Crippen molar-refractivity contribution in [3.8, 4) is 11.3 Å². The lowest BCUT2D eigenvalue weighted by Gasteiger charge is -2.35. The molecule has 0 spiro atoms. The molecule has 1 aromatic heterocycles. The number of thiazole rings is 1. The molecule has 1 aliphatic heterocycles. The summed E-state index contributed by atoms with van der Waals surface area (Å²) in [6.45, 7) is 17.0. The fourth-order valence-corrected chi connectivity index (χ4v) is 7.80. The molecule has 1 aliphatic rings. The first-order valence-corrected chi connectivity index (χ1v) is 15.3. The Labute approximate surface area is 221 Å². The number of rotatable bonds is 7. The lowest BCUT2D eigenvalue weighted by Crippen LogP contribution is -2.49. The van der Waals surface area contributed by atoms with Crippen LogP contribution in [-0.2, 0) is 10.0 Å². The summed E-state index contributed by atoms with van der Waals surface area (Å²) in [7, 11) is -3.62. The first-order valence-electron chi connectivity index (χ1n) is 12.9. The minimum atomic E-state index is -3.62. The van der Waals surface area contributed by atoms with Gasteiger partial charge in [0.25, 0.3) is 0 Å². The fraction of sp³-hybridized carbons (Fsp3) is 0.483. The molecule has 1 fully saturated rings. The summed E-state index contributed by atoms with van der Waals surface area (Å²) in [6.07, 6.45) is 0. The summed E-state index contributed by atoms with van der Waals surface area (Å²) in [5.74, 6) is 0.605. The monoisotopic (exact) mass is 525 g/mol. The predicted octanol–water partition coefficient (Wildman–Crippen LogP) is 7.00. The third kappa shape index (κ3) is 5.24. The van der Waals surface area contributed by atoms with Crippen LogP contribution in [0.2, 0.25) is 0 Å². The quantitative estimate of drug-likeness (QED) is 0.333. The van der Waals surface area contributed by atoms with Crippen molar-refractivity contribution in [2.24, 2.45) is 0 Å². The number of sulfonamides is 1. The van der Waals surface area contributed by atoms with Crippen molar-refractivity contribution < 1.29 is 8.42 Å². The van der Waals surface area contributed by atoms with Crippen molar-refractivity contribution in [3.05, 3.63) is 64.0 Å². The Hall–Kier alpha value is -2.22. The summed E-state index contributed by atoms with van der Waals surface area (Å²) < 4.78 is 29.8. The van der Waals surface area contributed by atoms with Crippen molar-refractivity contribution in [3.63, 3.8) is 0 Å². The van der Waals surface area contributed by atoms with Crippen LogP contribution in [0.4, 0.5) is 5.13 Å². The molecule has 0 radical (unpaired) electrons. The van der Waals surface area contributed by atoms with E-state index < -0.39 is 10.0 Å². The first kappa shape index (κ1) is 26.8. The average Bonchev–Trinajstić information content (AvgIpc) is 3.33. The number of nitrogens with zero attached hydrogens (tertiary/aromatic N) is 3. The highest BCUT2D eigenvalue weighted by atomic mass is 32.2. The summed E-state index contributed by atoms with van der Waals surface area (Å²) >= 11 is 1.63. The predicted molar refractivity (Wildman–Crippen MR) is 152 cm³/mol. The lowest BCUT2D eigenvalue weighted by atomic mass is 9.89. The molecular weight excluding hydrogens is 486 g/mol. The van der Waals surface area contributed by atoms with Gasteiger partial charge in [0, 0.05) is 37.1 Å². The summed E-state index contributed by atoms with van der Waals surface area (Å²) in [4.78, 5) is 7.63. The summed E-state index contributed by atoms with van der Waals surface area (Å²) in [6, 6.07) is 12.5. The van der Waals surface area contributed by atoms with E-state index in [2.05, 4.69) is 83.0 Å². The number of aromatic nitrogens is 1. The van der Waals surface area contributed by atoms with E-state index in [-0.39, 0.29) is 11.8 Å². The van der Waals surface area contributed by atoms with Gasteiger partial charge < -0.3 is 4.90 Å². The SMILES string of the molecule is Cc1ccccc1-c1csc(N2CCN(S(=O)(=O)c3c(C(C)C)cc(C(C)C)cc3C(C)C)CC2)n1. The maximum atomic E-state index is 14.1. The second kappa shape index (κ2) is 10.6. The average molecular weight is 526 g/mol. The third-order valence-electron chi connectivity index (χ3n) is 7.10. The number of piperazine rings is 1. The Kier molecular flexibility index (Phi) is 7.93. The van der Waals surface area contributed by atoms with Crippen LogP contribution in [0.1, 0.15) is 81.5 Å². The normalized spacial score (nSPS) is 15.4. The van der Waals surface area contributed by atoms with E-state index in [1.54, 1.807) is 15.6 Å². The molecular formula is C29H39N3O2S2. The summed E-state index contributed by atoms with van der Waals surface area (Å²) in [5, 5.41) is 3.05. The van der Waals surface area contributed by atoms with Crippen molar-refractivity contribution in [2.45, 2.75) is 71.1 Å². The Balaban J connectivity index is 1.59. The number of anilines is 1. The second-order valence-corrected chi connectivity index (χ2v) is 13.4. The van der Waals surface area contributed by atoms with Crippen LogP contribution in [-0.4, -0.2) is 43.9 Å². The third-order valence-corrected chi connectivity index (χ3v) is 10.0.